The van der Waals surface area contributed by atoms with E-state index in [1.807, 2.05) is 6.07 Å². The van der Waals surface area contributed by atoms with E-state index in [9.17, 15) is 0 Å². The van der Waals surface area contributed by atoms with Gasteiger partial charge in [0.05, 0.1) is 6.61 Å². The summed E-state index contributed by atoms with van der Waals surface area (Å²) in [6.07, 6.45) is 0. The van der Waals surface area contributed by atoms with Crippen molar-refractivity contribution in [1.82, 2.24) is 9.80 Å². The molecule has 0 N–H and O–H groups in total. The first-order chi connectivity index (χ1) is 10.1. The molecule has 1 fully saturated rings. The van der Waals surface area contributed by atoms with Crippen LogP contribution in [0.4, 0.5) is 0 Å². The van der Waals surface area contributed by atoms with E-state index in [-0.39, 0.29) is 0 Å². The van der Waals surface area contributed by atoms with E-state index < -0.39 is 0 Å². The Labute approximate surface area is 128 Å². The summed E-state index contributed by atoms with van der Waals surface area (Å²) < 4.78 is 10.7. The Bertz CT molecular complexity index is 427. The molecular formula is C17H28N2O2. The lowest BCUT2D eigenvalue weighted by atomic mass is 10.1. The van der Waals surface area contributed by atoms with Gasteiger partial charge in [0.2, 0.25) is 0 Å². The number of likely N-dealkylation sites (N-methyl/N-ethyl adjacent to an activating group) is 1. The molecule has 1 saturated heterocycles. The van der Waals surface area contributed by atoms with E-state index >= 15 is 0 Å². The van der Waals surface area contributed by atoms with Crippen LogP contribution in [0, 0.1) is 0 Å². The summed E-state index contributed by atoms with van der Waals surface area (Å²) in [6, 6.07) is 9.57. The van der Waals surface area contributed by atoms with E-state index in [1.54, 1.807) is 7.11 Å². The smallest absolute Gasteiger partial charge is 0.119 e. The summed E-state index contributed by atoms with van der Waals surface area (Å²) in [5.41, 5.74) is 1.31. The van der Waals surface area contributed by atoms with Crippen molar-refractivity contribution < 1.29 is 9.47 Å². The molecule has 0 amide bonds. The number of hydrogen-bond donors (Lipinski definition) is 0. The summed E-state index contributed by atoms with van der Waals surface area (Å²) in [7, 11) is 3.89. The zero-order valence-corrected chi connectivity index (χ0v) is 13.7. The zero-order chi connectivity index (χ0) is 15.2. The first kappa shape index (κ1) is 16.3. The molecular weight excluding hydrogens is 264 g/mol. The monoisotopic (exact) mass is 292 g/mol. The maximum Gasteiger partial charge on any atom is 0.119 e. The SMILES string of the molecule is COCCOc1cccc(CN2[C@H](C)CN(C)C[C@@H]2C)c1. The fourth-order valence-corrected chi connectivity index (χ4v) is 3.12. The van der Waals surface area contributed by atoms with Crippen molar-refractivity contribution in [3.63, 3.8) is 0 Å². The number of nitrogens with zero attached hydrogens (tertiary/aromatic N) is 2. The summed E-state index contributed by atoms with van der Waals surface area (Å²) in [5, 5.41) is 0. The normalized spacial score (nSPS) is 24.2. The first-order valence-electron chi connectivity index (χ1n) is 7.75. The van der Waals surface area contributed by atoms with Gasteiger partial charge in [0.15, 0.2) is 0 Å². The highest BCUT2D eigenvalue weighted by atomic mass is 16.5. The van der Waals surface area contributed by atoms with E-state index in [0.29, 0.717) is 25.3 Å². The summed E-state index contributed by atoms with van der Waals surface area (Å²) >= 11 is 0. The minimum Gasteiger partial charge on any atom is -0.491 e. The van der Waals surface area contributed by atoms with Gasteiger partial charge in [-0.1, -0.05) is 12.1 Å². The fraction of sp³-hybridized carbons (Fsp3) is 0.647. The molecule has 0 radical (unpaired) electrons. The Morgan fingerprint density at radius 2 is 1.86 bits per heavy atom. The molecule has 4 heteroatoms. The molecule has 4 nitrogen and oxygen atoms in total. The average Bonchev–Trinajstić information content (AvgIpc) is 2.44. The molecule has 0 bridgehead atoms. The van der Waals surface area contributed by atoms with Crippen LogP contribution in [-0.4, -0.2) is 62.3 Å². The predicted molar refractivity (Wildman–Crippen MR) is 85.8 cm³/mol. The van der Waals surface area contributed by atoms with E-state index in [2.05, 4.69) is 48.9 Å². The third kappa shape index (κ3) is 4.70. The number of ether oxygens (including phenoxy) is 2. The highest BCUT2D eigenvalue weighted by Gasteiger charge is 2.27. The summed E-state index contributed by atoms with van der Waals surface area (Å²) in [6.45, 7) is 9.09. The Morgan fingerprint density at radius 3 is 2.52 bits per heavy atom. The van der Waals surface area contributed by atoms with Crippen LogP contribution < -0.4 is 4.74 Å². The Balaban J connectivity index is 1.97. The second kappa shape index (κ2) is 7.78. The van der Waals surface area contributed by atoms with Crippen LogP contribution >= 0.6 is 0 Å². The highest BCUT2D eigenvalue weighted by Crippen LogP contribution is 2.20. The van der Waals surface area contributed by atoms with Crippen LogP contribution in [-0.2, 0) is 11.3 Å². The second-order valence-electron chi connectivity index (χ2n) is 6.08. The molecule has 1 aromatic carbocycles. The quantitative estimate of drug-likeness (QED) is 0.751. The molecule has 0 saturated carbocycles. The minimum absolute atomic E-state index is 0.580. The standard InChI is InChI=1S/C17H28N2O2/c1-14-11-18(3)12-15(2)19(14)13-16-6-5-7-17(10-16)21-9-8-20-4/h5-7,10,14-15H,8-9,11-13H2,1-4H3/t14-,15+. The van der Waals surface area contributed by atoms with Gasteiger partial charge in [-0.05, 0) is 38.6 Å². The lowest BCUT2D eigenvalue weighted by Crippen LogP contribution is -2.54. The summed E-state index contributed by atoms with van der Waals surface area (Å²) in [5.74, 6) is 0.930. The molecule has 1 heterocycles. The molecule has 0 unspecified atom stereocenters. The van der Waals surface area contributed by atoms with Crippen LogP contribution in [0.2, 0.25) is 0 Å². The van der Waals surface area contributed by atoms with Gasteiger partial charge < -0.3 is 14.4 Å². The van der Waals surface area contributed by atoms with Crippen molar-refractivity contribution in [2.24, 2.45) is 0 Å². The van der Waals surface area contributed by atoms with Crippen LogP contribution in [0.15, 0.2) is 24.3 Å². The van der Waals surface area contributed by atoms with E-state index in [1.165, 1.54) is 5.56 Å². The van der Waals surface area contributed by atoms with Crippen LogP contribution in [0.25, 0.3) is 0 Å². The van der Waals surface area contributed by atoms with Crippen molar-refractivity contribution in [3.8, 4) is 5.75 Å². The topological polar surface area (TPSA) is 24.9 Å². The average molecular weight is 292 g/mol. The third-order valence-electron chi connectivity index (χ3n) is 4.10. The molecule has 0 aromatic heterocycles. The predicted octanol–water partition coefficient (Wildman–Crippen LogP) is 2.24. The van der Waals surface area contributed by atoms with Gasteiger partial charge >= 0.3 is 0 Å². The molecule has 118 valence electrons. The highest BCUT2D eigenvalue weighted by molar-refractivity contribution is 5.28. The van der Waals surface area contributed by atoms with Gasteiger partial charge in [0, 0.05) is 38.8 Å². The second-order valence-corrected chi connectivity index (χ2v) is 6.08. The van der Waals surface area contributed by atoms with Gasteiger partial charge in [0.25, 0.3) is 0 Å². The van der Waals surface area contributed by atoms with Gasteiger partial charge in [0.1, 0.15) is 12.4 Å². The number of hydrogen-bond acceptors (Lipinski definition) is 4. The largest absolute Gasteiger partial charge is 0.491 e. The first-order valence-corrected chi connectivity index (χ1v) is 7.75. The molecule has 1 aromatic rings. The van der Waals surface area contributed by atoms with Gasteiger partial charge in [-0.3, -0.25) is 4.90 Å². The molecule has 1 aliphatic heterocycles. The Kier molecular flexibility index (Phi) is 6.03. The van der Waals surface area contributed by atoms with Crippen LogP contribution in [0.3, 0.4) is 0 Å². The molecule has 0 spiro atoms. The number of methoxy groups -OCH3 is 1. The molecule has 21 heavy (non-hydrogen) atoms. The minimum atomic E-state index is 0.580. The molecule has 0 aliphatic carbocycles. The third-order valence-corrected chi connectivity index (χ3v) is 4.10. The van der Waals surface area contributed by atoms with Gasteiger partial charge in [-0.2, -0.15) is 0 Å². The van der Waals surface area contributed by atoms with Crippen molar-refractivity contribution in [3.05, 3.63) is 29.8 Å². The van der Waals surface area contributed by atoms with Crippen molar-refractivity contribution >= 4 is 0 Å². The Morgan fingerprint density at radius 1 is 1.14 bits per heavy atom. The number of rotatable bonds is 6. The van der Waals surface area contributed by atoms with E-state index in [0.717, 1.165) is 25.4 Å². The molecule has 2 atom stereocenters. The van der Waals surface area contributed by atoms with Gasteiger partial charge in [-0.15, -0.1) is 0 Å². The summed E-state index contributed by atoms with van der Waals surface area (Å²) in [4.78, 5) is 4.99. The lowest BCUT2D eigenvalue weighted by molar-refractivity contribution is 0.0458. The maximum absolute atomic E-state index is 5.70. The number of piperazine rings is 1. The van der Waals surface area contributed by atoms with Gasteiger partial charge in [-0.25, -0.2) is 0 Å². The van der Waals surface area contributed by atoms with Crippen molar-refractivity contribution in [2.75, 3.05) is 40.5 Å². The fourth-order valence-electron chi connectivity index (χ4n) is 3.12. The van der Waals surface area contributed by atoms with E-state index in [4.69, 9.17) is 9.47 Å². The number of benzene rings is 1. The van der Waals surface area contributed by atoms with Crippen molar-refractivity contribution in [1.29, 1.82) is 0 Å². The van der Waals surface area contributed by atoms with Crippen LogP contribution in [0.5, 0.6) is 5.75 Å². The molecule has 2 rings (SSSR count). The maximum atomic E-state index is 5.70. The molecule has 1 aliphatic rings. The zero-order valence-electron chi connectivity index (χ0n) is 13.7. The van der Waals surface area contributed by atoms with Crippen molar-refractivity contribution in [2.45, 2.75) is 32.5 Å². The van der Waals surface area contributed by atoms with Crippen LogP contribution in [0.1, 0.15) is 19.4 Å². The lowest BCUT2D eigenvalue weighted by Gasteiger charge is -2.43. The Hall–Kier alpha value is -1.10.